The maximum Gasteiger partial charge on any atom is 0.242 e. The van der Waals surface area contributed by atoms with Gasteiger partial charge >= 0.3 is 0 Å². The minimum atomic E-state index is -0.531. The van der Waals surface area contributed by atoms with Gasteiger partial charge in [-0.25, -0.2) is 0 Å². The fraction of sp³-hybridized carbons (Fsp3) is 0.676. The van der Waals surface area contributed by atoms with Gasteiger partial charge in [-0.15, -0.1) is 0 Å². The maximum absolute atomic E-state index is 13.7. The van der Waals surface area contributed by atoms with Gasteiger partial charge < -0.3 is 21.3 Å². The lowest BCUT2D eigenvalue weighted by Gasteiger charge is -2.31. The molecule has 0 spiro atoms. The zero-order valence-corrected chi connectivity index (χ0v) is 27.2. The van der Waals surface area contributed by atoms with Gasteiger partial charge in [0.05, 0.1) is 6.04 Å². The van der Waals surface area contributed by atoms with Crippen molar-refractivity contribution in [3.8, 4) is 0 Å². The molecular weight excluding hydrogens is 512 g/mol. The lowest BCUT2D eigenvalue weighted by atomic mass is 9.96. The van der Waals surface area contributed by atoms with Crippen molar-refractivity contribution in [2.75, 3.05) is 0 Å². The first-order valence-corrected chi connectivity index (χ1v) is 15.6. The third-order valence-corrected chi connectivity index (χ3v) is 7.62. The minimum absolute atomic E-state index is 0.00527. The first-order valence-electron chi connectivity index (χ1n) is 15.6. The summed E-state index contributed by atoms with van der Waals surface area (Å²) in [5.74, 6) is 0.843. The van der Waals surface area contributed by atoms with Gasteiger partial charge in [-0.05, 0) is 55.4 Å². The normalized spacial score (nSPS) is 15.1. The Morgan fingerprint density at radius 3 is 1.98 bits per heavy atom. The van der Waals surface area contributed by atoms with E-state index in [9.17, 15) is 14.4 Å². The van der Waals surface area contributed by atoms with Gasteiger partial charge in [0, 0.05) is 30.6 Å². The van der Waals surface area contributed by atoms with Crippen molar-refractivity contribution in [1.29, 1.82) is 0 Å². The van der Waals surface area contributed by atoms with Crippen LogP contribution in [0.3, 0.4) is 0 Å². The summed E-state index contributed by atoms with van der Waals surface area (Å²) in [5, 5.41) is 12.8. The molecule has 0 aliphatic rings. The number of carbonyl (C=O) groups excluding carboxylic acids is 3. The number of hydrogen-bond donors (Lipinski definition) is 4. The van der Waals surface area contributed by atoms with Crippen LogP contribution in [0.4, 0.5) is 0 Å². The molecule has 5 atom stereocenters. The van der Waals surface area contributed by atoms with E-state index in [1.807, 2.05) is 65.0 Å². The van der Waals surface area contributed by atoms with E-state index in [1.165, 1.54) is 0 Å². The van der Waals surface area contributed by atoms with Crippen molar-refractivity contribution < 1.29 is 14.4 Å². The molecule has 0 bridgehead atoms. The van der Waals surface area contributed by atoms with Crippen molar-refractivity contribution in [2.24, 2.45) is 23.7 Å². The van der Waals surface area contributed by atoms with E-state index in [0.717, 1.165) is 18.4 Å². The van der Waals surface area contributed by atoms with Crippen LogP contribution in [-0.4, -0.2) is 41.9 Å². The highest BCUT2D eigenvalue weighted by Gasteiger charge is 2.28. The highest BCUT2D eigenvalue weighted by molar-refractivity contribution is 5.83. The van der Waals surface area contributed by atoms with Crippen LogP contribution < -0.4 is 21.3 Å². The molecule has 3 amide bonds. The molecule has 41 heavy (non-hydrogen) atoms. The monoisotopic (exact) mass is 570 g/mol. The van der Waals surface area contributed by atoms with Crippen molar-refractivity contribution >= 4 is 17.7 Å². The van der Waals surface area contributed by atoms with Gasteiger partial charge in [-0.2, -0.15) is 0 Å². The van der Waals surface area contributed by atoms with E-state index in [4.69, 9.17) is 0 Å². The molecule has 7 nitrogen and oxygen atoms in total. The minimum Gasteiger partial charge on any atom is -0.376 e. The maximum atomic E-state index is 13.7. The molecule has 0 radical (unpaired) electrons. The second-order valence-corrected chi connectivity index (χ2v) is 12.9. The van der Waals surface area contributed by atoms with Crippen LogP contribution in [0.15, 0.2) is 42.6 Å². The molecular formula is C34H58N4O3. The van der Waals surface area contributed by atoms with Crippen molar-refractivity contribution in [3.05, 3.63) is 48.2 Å². The SMILES string of the molecule is C=C(NC(C(=O)NC(CCC(=O)NC(C)[C@@H](C)CC)Cc1ccccc1)C(C)C)C(CC(C)C)NC(=O)CC(C)C. The quantitative estimate of drug-likeness (QED) is 0.170. The summed E-state index contributed by atoms with van der Waals surface area (Å²) in [7, 11) is 0. The average Bonchev–Trinajstić information content (AvgIpc) is 2.88. The molecule has 0 heterocycles. The van der Waals surface area contributed by atoms with E-state index in [-0.39, 0.29) is 47.7 Å². The summed E-state index contributed by atoms with van der Waals surface area (Å²) < 4.78 is 0. The summed E-state index contributed by atoms with van der Waals surface area (Å²) in [6.07, 6.45) is 3.68. The number of amides is 3. The smallest absolute Gasteiger partial charge is 0.242 e. The summed E-state index contributed by atoms with van der Waals surface area (Å²) in [6.45, 7) is 22.8. The predicted molar refractivity (Wildman–Crippen MR) is 170 cm³/mol. The van der Waals surface area contributed by atoms with E-state index < -0.39 is 6.04 Å². The topological polar surface area (TPSA) is 99.3 Å². The standard InChI is InChI=1S/C34H58N4O3/c1-11-25(8)26(9)35-31(39)18-17-29(21-28-15-13-12-14-16-28)37-34(41)33(24(6)7)36-27(10)30(19-22(2)3)38-32(40)20-23(4)5/h12-16,22-26,29-30,33,36H,10-11,17-21H2,1-9H3,(H,35,39)(H,37,41)(H,38,40)/t25-,26?,29?,30?,33?/m0/s1. The molecule has 0 saturated carbocycles. The highest BCUT2D eigenvalue weighted by atomic mass is 16.2. The van der Waals surface area contributed by atoms with Crippen LogP contribution >= 0.6 is 0 Å². The molecule has 1 aromatic carbocycles. The van der Waals surface area contributed by atoms with Gasteiger partial charge in [-0.3, -0.25) is 14.4 Å². The summed E-state index contributed by atoms with van der Waals surface area (Å²) >= 11 is 0. The Morgan fingerprint density at radius 2 is 1.44 bits per heavy atom. The van der Waals surface area contributed by atoms with Gasteiger partial charge in [0.2, 0.25) is 17.7 Å². The van der Waals surface area contributed by atoms with Crippen LogP contribution in [0.25, 0.3) is 0 Å². The van der Waals surface area contributed by atoms with E-state index >= 15 is 0 Å². The Kier molecular flexibility index (Phi) is 16.4. The molecule has 4 unspecified atom stereocenters. The zero-order chi connectivity index (χ0) is 31.1. The van der Waals surface area contributed by atoms with E-state index in [1.54, 1.807) is 0 Å². The zero-order valence-electron chi connectivity index (χ0n) is 27.2. The molecule has 0 aliphatic heterocycles. The first kappa shape index (κ1) is 36.2. The van der Waals surface area contributed by atoms with E-state index in [0.29, 0.717) is 43.2 Å². The van der Waals surface area contributed by atoms with E-state index in [2.05, 4.69) is 55.5 Å². The Hall–Kier alpha value is -2.83. The largest absolute Gasteiger partial charge is 0.376 e. The van der Waals surface area contributed by atoms with Crippen LogP contribution in [0.1, 0.15) is 100.0 Å². The van der Waals surface area contributed by atoms with Crippen molar-refractivity contribution in [3.63, 3.8) is 0 Å². The number of benzene rings is 1. The van der Waals surface area contributed by atoms with Crippen molar-refractivity contribution in [2.45, 2.75) is 125 Å². The van der Waals surface area contributed by atoms with Crippen LogP contribution in [-0.2, 0) is 20.8 Å². The molecule has 0 aliphatic carbocycles. The molecule has 0 saturated heterocycles. The van der Waals surface area contributed by atoms with Crippen LogP contribution in [0.2, 0.25) is 0 Å². The van der Waals surface area contributed by atoms with Gasteiger partial charge in [0.1, 0.15) is 6.04 Å². The Labute approximate surface area is 250 Å². The second kappa shape index (κ2) is 18.6. The molecule has 4 N–H and O–H groups in total. The molecule has 0 fully saturated rings. The number of hydrogen-bond acceptors (Lipinski definition) is 4. The molecule has 7 heteroatoms. The number of rotatable bonds is 19. The molecule has 232 valence electrons. The summed E-state index contributed by atoms with van der Waals surface area (Å²) in [4.78, 5) is 39.0. The van der Waals surface area contributed by atoms with Crippen LogP contribution in [0.5, 0.6) is 0 Å². The average molecular weight is 571 g/mol. The third-order valence-electron chi connectivity index (χ3n) is 7.62. The number of nitrogens with one attached hydrogen (secondary N) is 4. The molecule has 1 rings (SSSR count). The second-order valence-electron chi connectivity index (χ2n) is 12.9. The molecule has 0 aromatic heterocycles. The summed E-state index contributed by atoms with van der Waals surface area (Å²) in [6, 6.07) is 9.13. The van der Waals surface area contributed by atoms with Gasteiger partial charge in [-0.1, -0.05) is 98.7 Å². The fourth-order valence-corrected chi connectivity index (χ4v) is 4.76. The molecule has 1 aromatic rings. The van der Waals surface area contributed by atoms with Gasteiger partial charge in [0.15, 0.2) is 0 Å². The fourth-order valence-electron chi connectivity index (χ4n) is 4.76. The summed E-state index contributed by atoms with van der Waals surface area (Å²) in [5.41, 5.74) is 1.75. The van der Waals surface area contributed by atoms with Crippen molar-refractivity contribution in [1.82, 2.24) is 21.3 Å². The Morgan fingerprint density at radius 1 is 0.805 bits per heavy atom. The Bertz CT molecular complexity index is 945. The lowest BCUT2D eigenvalue weighted by molar-refractivity contribution is -0.126. The van der Waals surface area contributed by atoms with Crippen LogP contribution in [0, 0.1) is 23.7 Å². The first-order chi connectivity index (χ1) is 19.2. The lowest BCUT2D eigenvalue weighted by Crippen LogP contribution is -2.53. The van der Waals surface area contributed by atoms with Gasteiger partial charge in [0.25, 0.3) is 0 Å². The number of carbonyl (C=O) groups is 3. The third kappa shape index (κ3) is 14.6. The highest BCUT2D eigenvalue weighted by Crippen LogP contribution is 2.15. The predicted octanol–water partition coefficient (Wildman–Crippen LogP) is 5.75. The Balaban J connectivity index is 3.00.